The summed E-state index contributed by atoms with van der Waals surface area (Å²) < 4.78 is 5.37. The van der Waals surface area contributed by atoms with E-state index in [4.69, 9.17) is 17.3 Å². The normalized spacial score (nSPS) is 11.7. The molecule has 0 radical (unpaired) electrons. The largest absolute Gasteiger partial charge is 0.369 e. The molecule has 4 heterocycles. The molecule has 0 atom stereocenters. The minimum atomic E-state index is -0.404. The second-order valence-corrected chi connectivity index (χ2v) is 8.37. The van der Waals surface area contributed by atoms with Crippen LogP contribution in [0.15, 0.2) is 78.1 Å². The Morgan fingerprint density at radius 2 is 1.79 bits per heavy atom. The molecule has 0 aliphatic carbocycles. The summed E-state index contributed by atoms with van der Waals surface area (Å²) in [6.45, 7) is 0.816. The van der Waals surface area contributed by atoms with E-state index in [1.807, 2.05) is 33.4 Å². The maximum Gasteiger partial charge on any atom is 0.300 e. The molecule has 0 saturated heterocycles. The molecule has 2 N–H and O–H groups in total. The Bertz CT molecular complexity index is 1730. The number of benzene rings is 2. The number of nitrogens with zero attached hydrogens (tertiary/aromatic N) is 6. The lowest BCUT2D eigenvalue weighted by molar-refractivity contribution is 0.783. The first-order valence-corrected chi connectivity index (χ1v) is 10.7. The van der Waals surface area contributed by atoms with Gasteiger partial charge in [-0.15, -0.1) is 0 Å². The van der Waals surface area contributed by atoms with Gasteiger partial charge in [0.05, 0.1) is 23.6 Å². The van der Waals surface area contributed by atoms with Crippen LogP contribution >= 0.6 is 11.6 Å². The molecular weight excluding hydrogens is 438 g/mol. The molecule has 8 nitrogen and oxygen atoms in total. The molecule has 0 spiro atoms. The summed E-state index contributed by atoms with van der Waals surface area (Å²) in [4.78, 5) is 26.0. The number of imidazole rings is 2. The fourth-order valence-electron chi connectivity index (χ4n) is 4.18. The summed E-state index contributed by atoms with van der Waals surface area (Å²) in [5.41, 5.74) is 9.18. The van der Waals surface area contributed by atoms with Gasteiger partial charge in [-0.2, -0.15) is 4.98 Å². The van der Waals surface area contributed by atoms with Crippen LogP contribution in [0.1, 0.15) is 11.3 Å². The maximum absolute atomic E-state index is 12.8. The van der Waals surface area contributed by atoms with Crippen molar-refractivity contribution in [2.24, 2.45) is 0 Å². The molecule has 9 heteroatoms. The number of hydrogen-bond donors (Lipinski definition) is 1. The van der Waals surface area contributed by atoms with Gasteiger partial charge in [-0.3, -0.25) is 9.36 Å². The van der Waals surface area contributed by atoms with Gasteiger partial charge in [0.25, 0.3) is 0 Å². The molecule has 162 valence electrons. The highest BCUT2D eigenvalue weighted by molar-refractivity contribution is 6.30. The molecule has 0 amide bonds. The zero-order valence-corrected chi connectivity index (χ0v) is 18.1. The van der Waals surface area contributed by atoms with Gasteiger partial charge in [-0.1, -0.05) is 48.0 Å². The predicted octanol–water partition coefficient (Wildman–Crippen LogP) is 3.73. The molecule has 6 rings (SSSR count). The topological polar surface area (TPSA) is 96.0 Å². The molecule has 6 aromatic rings. The fraction of sp³-hybridized carbons (Fsp3) is 0.0833. The van der Waals surface area contributed by atoms with E-state index in [2.05, 4.69) is 45.3 Å². The minimum absolute atomic E-state index is 0.0959. The first kappa shape index (κ1) is 19.5. The van der Waals surface area contributed by atoms with E-state index in [0.717, 1.165) is 22.3 Å². The number of aromatic nitrogens is 6. The van der Waals surface area contributed by atoms with Crippen molar-refractivity contribution in [3.8, 4) is 0 Å². The van der Waals surface area contributed by atoms with E-state index in [-0.39, 0.29) is 5.95 Å². The Morgan fingerprint density at radius 3 is 2.67 bits per heavy atom. The van der Waals surface area contributed by atoms with Gasteiger partial charge >= 0.3 is 5.56 Å². The van der Waals surface area contributed by atoms with E-state index in [1.165, 1.54) is 5.39 Å². The molecule has 0 bridgehead atoms. The van der Waals surface area contributed by atoms with Crippen molar-refractivity contribution in [2.75, 3.05) is 5.73 Å². The third-order valence-corrected chi connectivity index (χ3v) is 5.94. The first-order chi connectivity index (χ1) is 16.0. The molecule has 0 aliphatic rings. The van der Waals surface area contributed by atoms with Crippen LogP contribution in [0.3, 0.4) is 0 Å². The lowest BCUT2D eigenvalue weighted by Crippen LogP contribution is -2.20. The molecule has 0 aliphatic heterocycles. The monoisotopic (exact) mass is 455 g/mol. The summed E-state index contributed by atoms with van der Waals surface area (Å²) in [5.74, 6) is 0.0959. The van der Waals surface area contributed by atoms with E-state index >= 15 is 0 Å². The van der Waals surface area contributed by atoms with Crippen molar-refractivity contribution in [2.45, 2.75) is 13.1 Å². The number of nitrogen functional groups attached to an aromatic ring is 1. The van der Waals surface area contributed by atoms with Gasteiger partial charge in [0.15, 0.2) is 11.2 Å². The van der Waals surface area contributed by atoms with Crippen molar-refractivity contribution in [3.63, 3.8) is 0 Å². The predicted molar refractivity (Wildman–Crippen MR) is 129 cm³/mol. The van der Waals surface area contributed by atoms with Crippen LogP contribution in [0, 0.1) is 0 Å². The Kier molecular flexibility index (Phi) is 4.41. The second kappa shape index (κ2) is 7.46. The highest BCUT2D eigenvalue weighted by Gasteiger charge is 2.16. The fourth-order valence-corrected chi connectivity index (χ4v) is 4.35. The van der Waals surface area contributed by atoms with E-state index < -0.39 is 5.56 Å². The van der Waals surface area contributed by atoms with Gasteiger partial charge in [-0.05, 0) is 34.5 Å². The van der Waals surface area contributed by atoms with E-state index in [0.29, 0.717) is 29.3 Å². The summed E-state index contributed by atoms with van der Waals surface area (Å²) >= 11 is 6.08. The lowest BCUT2D eigenvalue weighted by atomic mass is 10.1. The van der Waals surface area contributed by atoms with Gasteiger partial charge < -0.3 is 14.7 Å². The maximum atomic E-state index is 12.8. The highest BCUT2D eigenvalue weighted by atomic mass is 35.5. The summed E-state index contributed by atoms with van der Waals surface area (Å²) in [6.07, 6.45) is 5.31. The van der Waals surface area contributed by atoms with Crippen molar-refractivity contribution in [3.05, 3.63) is 100.0 Å². The molecule has 0 fully saturated rings. The van der Waals surface area contributed by atoms with Crippen LogP contribution < -0.4 is 11.3 Å². The number of nitrogens with two attached hydrogens (primary N) is 1. The van der Waals surface area contributed by atoms with Gasteiger partial charge in [-0.25, -0.2) is 9.97 Å². The van der Waals surface area contributed by atoms with Gasteiger partial charge in [0, 0.05) is 18.9 Å². The Hall–Kier alpha value is -4.17. The Morgan fingerprint density at radius 1 is 0.939 bits per heavy atom. The van der Waals surface area contributed by atoms with Crippen LogP contribution in [0.5, 0.6) is 0 Å². The number of anilines is 1. The van der Waals surface area contributed by atoms with Crippen molar-refractivity contribution in [1.82, 2.24) is 28.5 Å². The van der Waals surface area contributed by atoms with Gasteiger partial charge in [0.2, 0.25) is 5.95 Å². The molecular formula is C24H18ClN7O. The van der Waals surface area contributed by atoms with Crippen LogP contribution in [0.4, 0.5) is 5.95 Å². The molecule has 2 aromatic carbocycles. The molecule has 33 heavy (non-hydrogen) atoms. The summed E-state index contributed by atoms with van der Waals surface area (Å²) in [7, 11) is 0. The van der Waals surface area contributed by atoms with Crippen LogP contribution in [-0.4, -0.2) is 28.5 Å². The smallest absolute Gasteiger partial charge is 0.300 e. The van der Waals surface area contributed by atoms with Crippen LogP contribution in [-0.2, 0) is 13.1 Å². The summed E-state index contributed by atoms with van der Waals surface area (Å²) in [6, 6.07) is 18.0. The van der Waals surface area contributed by atoms with Crippen molar-refractivity contribution < 1.29 is 0 Å². The Balaban J connectivity index is 1.41. The third kappa shape index (κ3) is 3.41. The average molecular weight is 456 g/mol. The second-order valence-electron chi connectivity index (χ2n) is 7.93. The zero-order chi connectivity index (χ0) is 22.5. The molecule has 0 unspecified atom stereocenters. The number of halogens is 1. The lowest BCUT2D eigenvalue weighted by Gasteiger charge is -2.10. The molecule has 4 aromatic heterocycles. The van der Waals surface area contributed by atoms with Crippen molar-refractivity contribution in [1.29, 1.82) is 0 Å². The van der Waals surface area contributed by atoms with Crippen LogP contribution in [0.2, 0.25) is 5.02 Å². The quantitative estimate of drug-likeness (QED) is 0.437. The average Bonchev–Trinajstić information content (AvgIpc) is 3.40. The standard InChI is InChI=1S/C24H18ClN7O/c25-18-7-8-20-28-19(12-30(20)11-18)13-32-22-21(23(33)29-24(32)26)31(14-27-22)10-15-5-6-16-3-1-2-4-17(16)9-15/h1-9,11-12,14H,10,13H2,(H2,26,29,33). The van der Waals surface area contributed by atoms with E-state index in [1.54, 1.807) is 23.2 Å². The Labute approximate surface area is 192 Å². The van der Waals surface area contributed by atoms with Crippen LogP contribution in [0.25, 0.3) is 27.6 Å². The number of pyridine rings is 1. The SMILES string of the molecule is Nc1nc(=O)c2c(ncn2Cc2ccc3ccccc3c2)n1Cc1cn2cc(Cl)ccc2n1. The first-order valence-electron chi connectivity index (χ1n) is 10.4. The molecule has 0 saturated carbocycles. The number of fused-ring (bicyclic) bond motifs is 3. The van der Waals surface area contributed by atoms with Crippen molar-refractivity contribution >= 4 is 45.1 Å². The number of hydrogen-bond acceptors (Lipinski definition) is 5. The summed E-state index contributed by atoms with van der Waals surface area (Å²) in [5, 5.41) is 2.93. The number of rotatable bonds is 4. The zero-order valence-electron chi connectivity index (χ0n) is 17.4. The third-order valence-electron chi connectivity index (χ3n) is 5.72. The van der Waals surface area contributed by atoms with Gasteiger partial charge in [0.1, 0.15) is 5.65 Å². The van der Waals surface area contributed by atoms with E-state index in [9.17, 15) is 4.79 Å². The minimum Gasteiger partial charge on any atom is -0.369 e. The highest BCUT2D eigenvalue weighted by Crippen LogP contribution is 2.20.